The van der Waals surface area contributed by atoms with Gasteiger partial charge in [-0.05, 0) is 37.8 Å². The van der Waals surface area contributed by atoms with Crippen LogP contribution in [0.4, 0.5) is 0 Å². The maximum absolute atomic E-state index is 13.3. The van der Waals surface area contributed by atoms with Crippen LogP contribution in [0.15, 0.2) is 55.1 Å². The normalized spacial score (nSPS) is 17.4. The number of amides is 1. The van der Waals surface area contributed by atoms with Crippen LogP contribution in [0.25, 0.3) is 11.4 Å². The summed E-state index contributed by atoms with van der Waals surface area (Å²) in [5, 5.41) is 4.28. The summed E-state index contributed by atoms with van der Waals surface area (Å²) in [6.45, 7) is 1.65. The number of aromatic nitrogens is 4. The van der Waals surface area contributed by atoms with Crippen LogP contribution >= 0.6 is 0 Å². The Labute approximate surface area is 152 Å². The Morgan fingerprint density at radius 3 is 2.92 bits per heavy atom. The lowest BCUT2D eigenvalue weighted by molar-refractivity contribution is 0.0594. The highest BCUT2D eigenvalue weighted by atomic mass is 16.2. The van der Waals surface area contributed by atoms with Gasteiger partial charge in [0, 0.05) is 49.5 Å². The van der Waals surface area contributed by atoms with Crippen LogP contribution in [0.2, 0.25) is 0 Å². The molecule has 3 aromatic rings. The first kappa shape index (κ1) is 16.6. The number of aromatic amines is 1. The van der Waals surface area contributed by atoms with Crippen molar-refractivity contribution in [3.8, 4) is 11.4 Å². The molecule has 0 bridgehead atoms. The molecular formula is C20H23N5O. The number of imidazole rings is 1. The van der Waals surface area contributed by atoms with Crippen molar-refractivity contribution < 1.29 is 4.79 Å². The molecule has 0 saturated carbocycles. The van der Waals surface area contributed by atoms with Crippen molar-refractivity contribution in [2.24, 2.45) is 0 Å². The molecule has 2 aromatic heterocycles. The van der Waals surface area contributed by atoms with E-state index in [4.69, 9.17) is 0 Å². The van der Waals surface area contributed by atoms with Gasteiger partial charge in [0.15, 0.2) is 0 Å². The molecule has 1 saturated heterocycles. The molecule has 0 spiro atoms. The number of H-pyrrole nitrogens is 1. The molecule has 134 valence electrons. The number of hydrogen-bond acceptors (Lipinski definition) is 3. The molecular weight excluding hydrogens is 326 g/mol. The largest absolute Gasteiger partial charge is 0.345 e. The molecule has 1 N–H and O–H groups in total. The van der Waals surface area contributed by atoms with Crippen LogP contribution in [0.5, 0.6) is 0 Å². The Morgan fingerprint density at radius 2 is 2.12 bits per heavy atom. The van der Waals surface area contributed by atoms with E-state index in [9.17, 15) is 4.79 Å². The van der Waals surface area contributed by atoms with Gasteiger partial charge in [-0.25, -0.2) is 4.98 Å². The fourth-order valence-electron chi connectivity index (χ4n) is 3.73. The van der Waals surface area contributed by atoms with Crippen LogP contribution in [0, 0.1) is 0 Å². The monoisotopic (exact) mass is 349 g/mol. The second-order valence-corrected chi connectivity index (χ2v) is 6.69. The van der Waals surface area contributed by atoms with E-state index in [0.29, 0.717) is 5.56 Å². The van der Waals surface area contributed by atoms with Crippen molar-refractivity contribution in [2.75, 3.05) is 6.54 Å². The molecule has 3 heterocycles. The number of likely N-dealkylation sites (tertiary alicyclic amines) is 1. The average Bonchev–Trinajstić information content (AvgIpc) is 3.40. The van der Waals surface area contributed by atoms with Gasteiger partial charge >= 0.3 is 0 Å². The molecule has 1 fully saturated rings. The molecule has 1 aromatic carbocycles. The van der Waals surface area contributed by atoms with Crippen molar-refractivity contribution in [1.82, 2.24) is 24.6 Å². The van der Waals surface area contributed by atoms with Gasteiger partial charge in [0.05, 0.1) is 5.56 Å². The Balaban J connectivity index is 1.56. The third-order valence-electron chi connectivity index (χ3n) is 5.05. The van der Waals surface area contributed by atoms with E-state index in [1.54, 1.807) is 18.6 Å². The average molecular weight is 349 g/mol. The molecule has 1 aliphatic heterocycles. The first-order chi connectivity index (χ1) is 12.8. The van der Waals surface area contributed by atoms with Gasteiger partial charge in [0.2, 0.25) is 0 Å². The molecule has 0 aliphatic carbocycles. The number of aryl methyl sites for hydroxylation is 1. The highest BCUT2D eigenvalue weighted by Gasteiger charge is 2.29. The fourth-order valence-corrected chi connectivity index (χ4v) is 3.73. The van der Waals surface area contributed by atoms with Gasteiger partial charge in [-0.1, -0.05) is 18.2 Å². The first-order valence-electron chi connectivity index (χ1n) is 9.20. The summed E-state index contributed by atoms with van der Waals surface area (Å²) in [5.74, 6) is 0.834. The van der Waals surface area contributed by atoms with Gasteiger partial charge in [0.1, 0.15) is 5.82 Å². The molecule has 0 radical (unpaired) electrons. The van der Waals surface area contributed by atoms with Crippen LogP contribution in [-0.2, 0) is 6.54 Å². The number of carbonyl (C=O) groups is 1. The minimum atomic E-state index is 0.0992. The number of carbonyl (C=O) groups excluding carboxylic acids is 1. The van der Waals surface area contributed by atoms with E-state index < -0.39 is 0 Å². The number of benzene rings is 1. The maximum Gasteiger partial charge on any atom is 0.254 e. The Bertz CT molecular complexity index is 841. The second kappa shape index (κ2) is 7.56. The topological polar surface area (TPSA) is 66.8 Å². The Kier molecular flexibility index (Phi) is 4.82. The number of nitrogens with zero attached hydrogens (tertiary/aromatic N) is 4. The van der Waals surface area contributed by atoms with E-state index in [1.807, 2.05) is 41.2 Å². The predicted molar refractivity (Wildman–Crippen MR) is 99.5 cm³/mol. The first-order valence-corrected chi connectivity index (χ1v) is 9.20. The van der Waals surface area contributed by atoms with Gasteiger partial charge < -0.3 is 9.88 Å². The zero-order valence-corrected chi connectivity index (χ0v) is 14.7. The van der Waals surface area contributed by atoms with E-state index in [0.717, 1.165) is 43.7 Å². The molecule has 1 aliphatic rings. The number of nitrogens with one attached hydrogen (secondary N) is 1. The Morgan fingerprint density at radius 1 is 1.19 bits per heavy atom. The van der Waals surface area contributed by atoms with Crippen LogP contribution in [0.1, 0.15) is 36.0 Å². The summed E-state index contributed by atoms with van der Waals surface area (Å²) >= 11 is 0. The van der Waals surface area contributed by atoms with Crippen LogP contribution in [-0.4, -0.2) is 43.1 Å². The van der Waals surface area contributed by atoms with Crippen molar-refractivity contribution in [3.63, 3.8) is 0 Å². The lowest BCUT2D eigenvalue weighted by atomic mass is 9.97. The number of rotatable bonds is 5. The van der Waals surface area contributed by atoms with E-state index >= 15 is 0 Å². The molecule has 6 nitrogen and oxygen atoms in total. The van der Waals surface area contributed by atoms with E-state index in [1.165, 1.54) is 6.42 Å². The Hall–Kier alpha value is -2.89. The van der Waals surface area contributed by atoms with Gasteiger partial charge in [0.25, 0.3) is 5.91 Å². The molecule has 0 unspecified atom stereocenters. The summed E-state index contributed by atoms with van der Waals surface area (Å²) in [4.78, 5) is 22.8. The van der Waals surface area contributed by atoms with Gasteiger partial charge in [-0.3, -0.25) is 9.48 Å². The summed E-state index contributed by atoms with van der Waals surface area (Å²) in [6, 6.07) is 9.91. The van der Waals surface area contributed by atoms with Crippen molar-refractivity contribution >= 4 is 5.91 Å². The lowest BCUT2D eigenvalue weighted by Gasteiger charge is -2.36. The second-order valence-electron chi connectivity index (χ2n) is 6.69. The zero-order chi connectivity index (χ0) is 17.8. The molecule has 1 atom stereocenters. The highest BCUT2D eigenvalue weighted by Crippen LogP contribution is 2.26. The summed E-state index contributed by atoms with van der Waals surface area (Å²) in [6.07, 6.45) is 11.5. The number of piperidine rings is 1. The highest BCUT2D eigenvalue weighted by molar-refractivity contribution is 6.00. The minimum Gasteiger partial charge on any atom is -0.345 e. The third-order valence-corrected chi connectivity index (χ3v) is 5.05. The summed E-state index contributed by atoms with van der Waals surface area (Å²) in [7, 11) is 0. The van der Waals surface area contributed by atoms with E-state index in [2.05, 4.69) is 20.0 Å². The van der Waals surface area contributed by atoms with Crippen molar-refractivity contribution in [3.05, 3.63) is 60.7 Å². The summed E-state index contributed by atoms with van der Waals surface area (Å²) < 4.78 is 1.94. The zero-order valence-electron chi connectivity index (χ0n) is 14.7. The number of hydrogen-bond donors (Lipinski definition) is 1. The smallest absolute Gasteiger partial charge is 0.254 e. The fraction of sp³-hybridized carbons (Fsp3) is 0.350. The maximum atomic E-state index is 13.3. The van der Waals surface area contributed by atoms with Crippen molar-refractivity contribution in [2.45, 2.75) is 38.3 Å². The molecule has 6 heteroatoms. The standard InChI is InChI=1S/C20H23N5O/c26-20(18-8-2-1-7-17(18)19-21-11-12-22-19)25-14-4-3-6-16(25)9-15-24-13-5-10-23-24/h1-2,5,7-8,10-13,16H,3-4,6,9,14-15H2,(H,21,22)/t16-/m1/s1. The van der Waals surface area contributed by atoms with Gasteiger partial charge in [-0.15, -0.1) is 0 Å². The SMILES string of the molecule is O=C(c1ccccc1-c1ncc[nH]1)N1CCCC[C@@H]1CCn1cccn1. The van der Waals surface area contributed by atoms with Crippen LogP contribution < -0.4 is 0 Å². The summed E-state index contributed by atoms with van der Waals surface area (Å²) in [5.41, 5.74) is 1.58. The third kappa shape index (κ3) is 3.40. The lowest BCUT2D eigenvalue weighted by Crippen LogP contribution is -2.44. The van der Waals surface area contributed by atoms with E-state index in [-0.39, 0.29) is 11.9 Å². The predicted octanol–water partition coefficient (Wildman–Crippen LogP) is 3.36. The molecule has 4 rings (SSSR count). The quantitative estimate of drug-likeness (QED) is 0.768. The van der Waals surface area contributed by atoms with Gasteiger partial charge in [-0.2, -0.15) is 5.10 Å². The molecule has 1 amide bonds. The van der Waals surface area contributed by atoms with Crippen molar-refractivity contribution in [1.29, 1.82) is 0 Å². The van der Waals surface area contributed by atoms with Crippen LogP contribution in [0.3, 0.4) is 0 Å². The molecule has 26 heavy (non-hydrogen) atoms. The minimum absolute atomic E-state index is 0.0992.